The molecule has 14 N–H and O–H groups in total. The summed E-state index contributed by atoms with van der Waals surface area (Å²) in [6, 6.07) is 38.2. The molecule has 0 amide bonds. The Morgan fingerprint density at radius 2 is 0.760 bits per heavy atom. The summed E-state index contributed by atoms with van der Waals surface area (Å²) < 4.78 is 105. The van der Waals surface area contributed by atoms with E-state index in [1.807, 2.05) is 73.2 Å². The molecule has 104 heavy (non-hydrogen) atoms. The van der Waals surface area contributed by atoms with Crippen LogP contribution in [0.3, 0.4) is 0 Å². The second kappa shape index (κ2) is 33.8. The third kappa shape index (κ3) is 17.1. The molecule has 0 spiro atoms. The molecular weight excluding hydrogens is 1360 g/mol. The van der Waals surface area contributed by atoms with Crippen LogP contribution in [0.15, 0.2) is 139 Å². The zero-order chi connectivity index (χ0) is 76.7. The van der Waals surface area contributed by atoms with Crippen LogP contribution in [0.1, 0.15) is 73.4 Å². The number of anilines is 3. The van der Waals surface area contributed by atoms with Crippen LogP contribution in [0.25, 0.3) is 34.4 Å². The van der Waals surface area contributed by atoms with Gasteiger partial charge < -0.3 is 72.5 Å². The van der Waals surface area contributed by atoms with Gasteiger partial charge in [0.15, 0.2) is 40.7 Å². The van der Waals surface area contributed by atoms with Gasteiger partial charge in [-0.1, -0.05) is 11.2 Å². The van der Waals surface area contributed by atoms with E-state index < -0.39 is 29.1 Å². The fourth-order valence-electron chi connectivity index (χ4n) is 10.2. The molecule has 6 aromatic heterocycles. The van der Waals surface area contributed by atoms with Gasteiger partial charge in [-0.2, -0.15) is 36.2 Å². The predicted molar refractivity (Wildman–Crippen MR) is 376 cm³/mol. The Bertz CT molecular complexity index is 5240. The number of aryl methyl sites for hydroxylation is 8. The molecule has 538 valence electrons. The van der Waals surface area contributed by atoms with E-state index in [0.29, 0.717) is 68.4 Å². The molecule has 32 heteroatoms. The molecule has 0 fully saturated rings. The third-order valence-electron chi connectivity index (χ3n) is 15.5. The average Bonchev–Trinajstić information content (AvgIpc) is 1.59. The van der Waals surface area contributed by atoms with Crippen LogP contribution in [0.4, 0.5) is 43.7 Å². The van der Waals surface area contributed by atoms with Crippen molar-refractivity contribution in [2.24, 2.45) is 16.6 Å². The number of amidine groups is 1. The molecule has 0 aliphatic rings. The molecule has 0 aliphatic carbocycles. The molecule has 0 saturated heterocycles. The molecule has 0 bridgehead atoms. The number of hydrogen-bond donors (Lipinski definition) is 9. The van der Waals surface area contributed by atoms with Gasteiger partial charge in [0.05, 0.1) is 55.4 Å². The number of aromatic hydroxyl groups is 3. The number of phenolic OH excluding ortho intramolecular Hbond substituents is 3. The summed E-state index contributed by atoms with van der Waals surface area (Å²) >= 11 is 0. The van der Waals surface area contributed by atoms with Gasteiger partial charge in [-0.15, -0.1) is 0 Å². The Morgan fingerprint density at radius 3 is 1.12 bits per heavy atom. The molecule has 0 saturated carbocycles. The Kier molecular flexibility index (Phi) is 25.2. The van der Waals surface area contributed by atoms with Gasteiger partial charge in [0.2, 0.25) is 0 Å². The van der Waals surface area contributed by atoms with Crippen LogP contribution >= 0.6 is 0 Å². The largest absolute Gasteiger partial charge is 0.508 e. The number of benzene rings is 6. The second-order valence-electron chi connectivity index (χ2n) is 22.4. The number of ether oxygens (including phenoxy) is 3. The minimum absolute atomic E-state index is 0.0783. The zero-order valence-electron chi connectivity index (χ0n) is 57.8. The highest BCUT2D eigenvalue weighted by Crippen LogP contribution is 2.32. The lowest BCUT2D eigenvalue weighted by molar-refractivity contribution is 0.318. The highest BCUT2D eigenvalue weighted by Gasteiger charge is 2.26. The number of nitrogen functional groups attached to an aromatic ring is 3. The summed E-state index contributed by atoms with van der Waals surface area (Å²) in [7, 11) is 4.43. The summed E-state index contributed by atoms with van der Waals surface area (Å²) in [6.07, 6.45) is 0. The maximum Gasteiger partial charge on any atom is 0.175 e. The maximum absolute atomic E-state index is 14.4. The normalized spacial score (nSPS) is 10.6. The minimum Gasteiger partial charge on any atom is -0.508 e. The van der Waals surface area contributed by atoms with Crippen molar-refractivity contribution in [3.05, 3.63) is 242 Å². The Labute approximate surface area is 591 Å². The summed E-state index contributed by atoms with van der Waals surface area (Å²) in [5, 5.41) is 84.2. The lowest BCUT2D eigenvalue weighted by Crippen LogP contribution is -2.18. The summed E-state index contributed by atoms with van der Waals surface area (Å²) in [5.41, 5.74) is 35.8. The summed E-state index contributed by atoms with van der Waals surface area (Å²) in [6.45, 7) is 14.5. The van der Waals surface area contributed by atoms with Crippen LogP contribution in [0.2, 0.25) is 0 Å². The molecule has 26 nitrogen and oxygen atoms in total. The number of phenols is 3. The second-order valence-corrected chi connectivity index (χ2v) is 22.4. The smallest absolute Gasteiger partial charge is 0.175 e. The quantitative estimate of drug-likeness (QED) is 0.0145. The van der Waals surface area contributed by atoms with E-state index in [0.717, 1.165) is 45.7 Å². The van der Waals surface area contributed by atoms with Gasteiger partial charge in [-0.05, 0) is 146 Å². The Morgan fingerprint density at radius 1 is 0.433 bits per heavy atom. The fourth-order valence-corrected chi connectivity index (χ4v) is 10.2. The lowest BCUT2D eigenvalue weighted by atomic mass is 10.2. The first-order valence-electron chi connectivity index (χ1n) is 30.7. The minimum atomic E-state index is -0.663. The van der Waals surface area contributed by atoms with E-state index in [2.05, 4.69) is 31.6 Å². The summed E-state index contributed by atoms with van der Waals surface area (Å²) in [4.78, 5) is 0. The number of rotatable bonds is 11. The first-order valence-corrected chi connectivity index (χ1v) is 30.7. The Hall–Kier alpha value is -13.8. The topological polar surface area (TPSA) is 404 Å². The maximum atomic E-state index is 14.4. The highest BCUT2D eigenvalue weighted by atomic mass is 19.1. The fraction of sp³-hybridized carbons (Fsp3) is 0.167. The van der Waals surface area contributed by atoms with Gasteiger partial charge >= 0.3 is 0 Å². The molecule has 0 aliphatic heterocycles. The molecule has 6 heterocycles. The molecular formula is C72H71F6N19O7. The molecule has 0 radical (unpaired) electrons. The monoisotopic (exact) mass is 1430 g/mol. The number of aromatic nitrogens is 10. The van der Waals surface area contributed by atoms with Gasteiger partial charge in [0, 0.05) is 71.3 Å². The van der Waals surface area contributed by atoms with Crippen molar-refractivity contribution in [2.75, 3.05) is 38.5 Å². The van der Waals surface area contributed by atoms with Crippen LogP contribution in [-0.2, 0) is 6.54 Å². The van der Waals surface area contributed by atoms with Crippen molar-refractivity contribution in [3.8, 4) is 87.1 Å². The first kappa shape index (κ1) is 77.6. The van der Waals surface area contributed by atoms with Crippen LogP contribution < -0.4 is 42.9 Å². The van der Waals surface area contributed by atoms with Crippen molar-refractivity contribution >= 4 is 23.2 Å². The highest BCUT2D eigenvalue weighted by molar-refractivity contribution is 6.01. The number of nitriles is 3. The van der Waals surface area contributed by atoms with Gasteiger partial charge in [0.25, 0.3) is 0 Å². The molecule has 6 aromatic carbocycles. The zero-order valence-corrected chi connectivity index (χ0v) is 57.8. The van der Waals surface area contributed by atoms with Crippen LogP contribution in [0.5, 0.6) is 34.5 Å². The first-order chi connectivity index (χ1) is 49.4. The van der Waals surface area contributed by atoms with E-state index in [1.54, 1.807) is 52.0 Å². The van der Waals surface area contributed by atoms with Crippen molar-refractivity contribution in [2.45, 2.75) is 61.9 Å². The standard InChI is InChI=1S/C17H18FN5O2.C17H15FN4O.C12H11FN4O.C11H9FN4O.C8H10FNO.C7H8FNO/c1-9-4-5-10(2)22(9)17-15(16(19)21-25)11(3)20-23(17)14-7-6-12(24)8-13(14)18;1-10-4-5-11(2)21(10)17-14(9-19)12(3)20-22(17)16-7-6-13(23)8-15(16)18;1-7-9(6-14)12(15)17(16-7)11-4-3-8(18-2)5-10(11)13;1-6-8(5-13)11(14)16(15-6)10-3-2-7(17)4-9(10)12;1-11-7-3-2-6(5-10)8(9)4-7;1-10-5-2-3-7(9)6(8)4-5/h4-8,24-25H,1-3H3,(H2,19,21);4-8,23H,1-3H3;3-5H,15H2,1-2H3;2-4,17H,14H2,1H3;2-4H,5,10H2,1H3;2-4H,9H2,1H3. The molecule has 0 unspecified atom stereocenters. The van der Waals surface area contributed by atoms with E-state index >= 15 is 0 Å². The molecule has 12 rings (SSSR count). The van der Waals surface area contributed by atoms with E-state index in [9.17, 15) is 41.8 Å². The number of nitrogens with zero attached hydrogens (tertiary/aromatic N) is 14. The predicted octanol–water partition coefficient (Wildman–Crippen LogP) is 11.8. The number of hydrogen-bond acceptors (Lipinski definition) is 19. The van der Waals surface area contributed by atoms with Gasteiger partial charge in [-0.3, -0.25) is 0 Å². The van der Waals surface area contributed by atoms with Gasteiger partial charge in [0.1, 0.15) is 115 Å². The SMILES string of the molecule is COc1ccc(-n2nc(C)c(C#N)c2N)c(F)c1.COc1ccc(CN)c(F)c1.COc1ccc(N)c(F)c1.Cc1nn(-c2ccc(O)cc2F)c(-n2c(C)ccc2C)c1C#N.Cc1nn(-c2ccc(O)cc2F)c(-n2c(C)ccc2C)c1C(N)=NO.Cc1nn(-c2ccc(O)cc2F)c(N)c1C#N. The Balaban J connectivity index is 0.000000179. The number of halogens is 6. The molecule has 12 aromatic rings. The van der Waals surface area contributed by atoms with E-state index in [-0.39, 0.29) is 86.6 Å². The average molecular weight is 1430 g/mol. The van der Waals surface area contributed by atoms with E-state index in [4.69, 9.17) is 63.7 Å². The van der Waals surface area contributed by atoms with Gasteiger partial charge in [-0.25, -0.2) is 45.1 Å². The molecule has 0 atom stereocenters. The van der Waals surface area contributed by atoms with E-state index in [1.165, 1.54) is 102 Å². The van der Waals surface area contributed by atoms with Crippen LogP contribution in [-0.4, -0.2) is 95.9 Å². The lowest BCUT2D eigenvalue weighted by Gasteiger charge is -2.15. The van der Waals surface area contributed by atoms with Crippen LogP contribution in [0, 0.1) is 124 Å². The van der Waals surface area contributed by atoms with Crippen molar-refractivity contribution in [1.29, 1.82) is 15.8 Å². The van der Waals surface area contributed by atoms with Crippen molar-refractivity contribution in [3.63, 3.8) is 0 Å². The third-order valence-corrected chi connectivity index (χ3v) is 15.5. The number of nitrogens with two attached hydrogens (primary N) is 5. The number of oxime groups is 1. The van der Waals surface area contributed by atoms with Crippen molar-refractivity contribution in [1.82, 2.24) is 48.3 Å². The van der Waals surface area contributed by atoms with Crippen molar-refractivity contribution < 1.29 is 61.1 Å². The number of methoxy groups -OCH3 is 3. The summed E-state index contributed by atoms with van der Waals surface area (Å²) in [5.74, 6) is -1.30.